The van der Waals surface area contributed by atoms with Crippen LogP contribution in [0.4, 0.5) is 0 Å². The highest BCUT2D eigenvalue weighted by molar-refractivity contribution is 4.68. The number of hydrogen-bond acceptors (Lipinski definition) is 2. The standard InChI is InChI=1S/C9H22N2/c1-8(2)9(10-3)6-7-11(4)5/h8-10H,6-7H2,1-5H3. The average molecular weight is 158 g/mol. The Balaban J connectivity index is 3.52. The molecule has 1 N–H and O–H groups in total. The van der Waals surface area contributed by atoms with Crippen LogP contribution in [0.15, 0.2) is 0 Å². The van der Waals surface area contributed by atoms with Crippen LogP contribution in [-0.4, -0.2) is 38.6 Å². The first-order valence-corrected chi connectivity index (χ1v) is 4.40. The molecule has 2 heteroatoms. The molecule has 0 aliphatic rings. The van der Waals surface area contributed by atoms with E-state index in [2.05, 4.69) is 38.2 Å². The maximum absolute atomic E-state index is 3.33. The lowest BCUT2D eigenvalue weighted by Gasteiger charge is -2.21. The van der Waals surface area contributed by atoms with Crippen molar-refractivity contribution in [1.82, 2.24) is 10.2 Å². The van der Waals surface area contributed by atoms with E-state index in [0.717, 1.165) is 5.92 Å². The predicted molar refractivity (Wildman–Crippen MR) is 50.9 cm³/mol. The number of rotatable bonds is 5. The van der Waals surface area contributed by atoms with Crippen LogP contribution in [0.2, 0.25) is 0 Å². The lowest BCUT2D eigenvalue weighted by Crippen LogP contribution is -2.33. The molecule has 0 radical (unpaired) electrons. The molecule has 0 saturated carbocycles. The summed E-state index contributed by atoms with van der Waals surface area (Å²) in [4.78, 5) is 2.23. The van der Waals surface area contributed by atoms with Crippen LogP contribution in [0, 0.1) is 5.92 Å². The zero-order valence-electron chi connectivity index (χ0n) is 8.52. The van der Waals surface area contributed by atoms with Crippen molar-refractivity contribution in [3.63, 3.8) is 0 Å². The van der Waals surface area contributed by atoms with Crippen LogP contribution < -0.4 is 5.32 Å². The Hall–Kier alpha value is -0.0800. The molecule has 2 nitrogen and oxygen atoms in total. The normalized spacial score (nSPS) is 14.5. The minimum absolute atomic E-state index is 0.664. The van der Waals surface area contributed by atoms with Gasteiger partial charge in [0.2, 0.25) is 0 Å². The molecule has 0 spiro atoms. The van der Waals surface area contributed by atoms with Gasteiger partial charge in [-0.2, -0.15) is 0 Å². The van der Waals surface area contributed by atoms with Crippen LogP contribution in [0.25, 0.3) is 0 Å². The van der Waals surface area contributed by atoms with Gasteiger partial charge in [-0.1, -0.05) is 13.8 Å². The van der Waals surface area contributed by atoms with Gasteiger partial charge in [0.05, 0.1) is 0 Å². The summed E-state index contributed by atoms with van der Waals surface area (Å²) in [6.07, 6.45) is 1.24. The fraction of sp³-hybridized carbons (Fsp3) is 1.00. The molecular formula is C9H22N2. The van der Waals surface area contributed by atoms with Crippen molar-refractivity contribution < 1.29 is 0 Å². The molecule has 11 heavy (non-hydrogen) atoms. The lowest BCUT2D eigenvalue weighted by molar-refractivity contribution is 0.327. The smallest absolute Gasteiger partial charge is 0.00992 e. The topological polar surface area (TPSA) is 15.3 Å². The first kappa shape index (κ1) is 10.9. The molecule has 0 bridgehead atoms. The Labute approximate surface area is 71.0 Å². The predicted octanol–water partition coefficient (Wildman–Crippen LogP) is 1.18. The molecule has 0 aromatic rings. The Morgan fingerprint density at radius 1 is 1.27 bits per heavy atom. The van der Waals surface area contributed by atoms with E-state index in [1.807, 2.05) is 7.05 Å². The average Bonchev–Trinajstić information content (AvgIpc) is 1.87. The molecule has 0 aliphatic heterocycles. The van der Waals surface area contributed by atoms with Gasteiger partial charge < -0.3 is 10.2 Å². The second kappa shape index (κ2) is 5.56. The van der Waals surface area contributed by atoms with Crippen molar-refractivity contribution >= 4 is 0 Å². The summed E-state index contributed by atoms with van der Waals surface area (Å²) in [5, 5.41) is 3.33. The molecule has 0 fully saturated rings. The Kier molecular flexibility index (Phi) is 5.51. The van der Waals surface area contributed by atoms with Gasteiger partial charge in [0.1, 0.15) is 0 Å². The molecule has 0 rings (SSSR count). The van der Waals surface area contributed by atoms with Gasteiger partial charge in [-0.25, -0.2) is 0 Å². The van der Waals surface area contributed by atoms with Crippen molar-refractivity contribution in [2.24, 2.45) is 5.92 Å². The van der Waals surface area contributed by atoms with E-state index in [1.54, 1.807) is 0 Å². The molecule has 0 amide bonds. The van der Waals surface area contributed by atoms with Crippen LogP contribution in [0.1, 0.15) is 20.3 Å². The van der Waals surface area contributed by atoms with E-state index in [4.69, 9.17) is 0 Å². The van der Waals surface area contributed by atoms with Gasteiger partial charge in [-0.05, 0) is 40.0 Å². The molecular weight excluding hydrogens is 136 g/mol. The summed E-state index contributed by atoms with van der Waals surface area (Å²) in [6.45, 7) is 5.69. The van der Waals surface area contributed by atoms with Gasteiger partial charge in [-0.15, -0.1) is 0 Å². The highest BCUT2D eigenvalue weighted by atomic mass is 15.1. The molecule has 68 valence electrons. The fourth-order valence-corrected chi connectivity index (χ4v) is 1.21. The number of nitrogens with one attached hydrogen (secondary N) is 1. The van der Waals surface area contributed by atoms with Gasteiger partial charge in [-0.3, -0.25) is 0 Å². The zero-order valence-corrected chi connectivity index (χ0v) is 8.52. The van der Waals surface area contributed by atoms with E-state index < -0.39 is 0 Å². The molecule has 0 aromatic heterocycles. The van der Waals surface area contributed by atoms with E-state index >= 15 is 0 Å². The Morgan fingerprint density at radius 3 is 2.09 bits per heavy atom. The minimum Gasteiger partial charge on any atom is -0.317 e. The maximum atomic E-state index is 3.33. The van der Waals surface area contributed by atoms with Gasteiger partial charge in [0.25, 0.3) is 0 Å². The van der Waals surface area contributed by atoms with Gasteiger partial charge in [0, 0.05) is 6.04 Å². The largest absolute Gasteiger partial charge is 0.317 e. The van der Waals surface area contributed by atoms with Crippen molar-refractivity contribution in [1.29, 1.82) is 0 Å². The first-order chi connectivity index (χ1) is 5.07. The second-order valence-corrected chi connectivity index (χ2v) is 3.73. The molecule has 0 aromatic carbocycles. The zero-order chi connectivity index (χ0) is 8.85. The van der Waals surface area contributed by atoms with E-state index in [9.17, 15) is 0 Å². The lowest BCUT2D eigenvalue weighted by atomic mass is 10.0. The van der Waals surface area contributed by atoms with Crippen molar-refractivity contribution in [3.05, 3.63) is 0 Å². The monoisotopic (exact) mass is 158 g/mol. The third-order valence-corrected chi connectivity index (χ3v) is 2.06. The Morgan fingerprint density at radius 2 is 1.82 bits per heavy atom. The molecule has 0 saturated heterocycles. The van der Waals surface area contributed by atoms with Crippen molar-refractivity contribution in [3.8, 4) is 0 Å². The second-order valence-electron chi connectivity index (χ2n) is 3.73. The van der Waals surface area contributed by atoms with Gasteiger partial charge >= 0.3 is 0 Å². The quantitative estimate of drug-likeness (QED) is 0.646. The number of nitrogens with zero attached hydrogens (tertiary/aromatic N) is 1. The van der Waals surface area contributed by atoms with E-state index in [-0.39, 0.29) is 0 Å². The van der Waals surface area contributed by atoms with Crippen molar-refractivity contribution in [2.45, 2.75) is 26.3 Å². The van der Waals surface area contributed by atoms with Crippen LogP contribution in [0.3, 0.4) is 0 Å². The summed E-state index contributed by atoms with van der Waals surface area (Å²) in [5.41, 5.74) is 0. The Bertz CT molecular complexity index is 89.6. The SMILES string of the molecule is CNC(CCN(C)C)C(C)C. The van der Waals surface area contributed by atoms with E-state index in [1.165, 1.54) is 13.0 Å². The van der Waals surface area contributed by atoms with Crippen LogP contribution >= 0.6 is 0 Å². The summed E-state index contributed by atoms with van der Waals surface area (Å²) in [7, 11) is 6.28. The van der Waals surface area contributed by atoms with Crippen molar-refractivity contribution in [2.75, 3.05) is 27.7 Å². The third-order valence-electron chi connectivity index (χ3n) is 2.06. The highest BCUT2D eigenvalue weighted by Gasteiger charge is 2.09. The number of hydrogen-bond donors (Lipinski definition) is 1. The summed E-state index contributed by atoms with van der Waals surface area (Å²) in [5.74, 6) is 0.736. The minimum atomic E-state index is 0.664. The highest BCUT2D eigenvalue weighted by Crippen LogP contribution is 2.05. The summed E-state index contributed by atoms with van der Waals surface area (Å²) in [6, 6.07) is 0.664. The first-order valence-electron chi connectivity index (χ1n) is 4.40. The van der Waals surface area contributed by atoms with Gasteiger partial charge in [0.15, 0.2) is 0 Å². The summed E-state index contributed by atoms with van der Waals surface area (Å²) >= 11 is 0. The molecule has 0 heterocycles. The molecule has 1 atom stereocenters. The van der Waals surface area contributed by atoms with E-state index in [0.29, 0.717) is 6.04 Å². The van der Waals surface area contributed by atoms with Crippen LogP contribution in [0.5, 0.6) is 0 Å². The summed E-state index contributed by atoms with van der Waals surface area (Å²) < 4.78 is 0. The fourth-order valence-electron chi connectivity index (χ4n) is 1.21. The van der Waals surface area contributed by atoms with Crippen LogP contribution in [-0.2, 0) is 0 Å². The molecule has 0 aliphatic carbocycles. The maximum Gasteiger partial charge on any atom is 0.00992 e. The molecule has 1 unspecified atom stereocenters. The third kappa shape index (κ3) is 5.22.